The van der Waals surface area contributed by atoms with Gasteiger partial charge >= 0.3 is 0 Å². The SMILES string of the molecule is C=C(CO)C(=O)c1ccc(OC)c(OC)c1. The molecule has 0 heterocycles. The van der Waals surface area contributed by atoms with Crippen molar-refractivity contribution in [2.75, 3.05) is 20.8 Å². The molecule has 0 aliphatic rings. The van der Waals surface area contributed by atoms with Gasteiger partial charge in [-0.05, 0) is 18.2 Å². The molecule has 4 heteroatoms. The molecule has 0 aliphatic heterocycles. The van der Waals surface area contributed by atoms with Gasteiger partial charge in [0, 0.05) is 11.1 Å². The Hall–Kier alpha value is -1.81. The van der Waals surface area contributed by atoms with Crippen molar-refractivity contribution in [3.05, 3.63) is 35.9 Å². The summed E-state index contributed by atoms with van der Waals surface area (Å²) in [6.07, 6.45) is 0. The number of rotatable bonds is 5. The lowest BCUT2D eigenvalue weighted by molar-refractivity contribution is 0.102. The summed E-state index contributed by atoms with van der Waals surface area (Å²) in [5, 5.41) is 8.82. The van der Waals surface area contributed by atoms with Crippen molar-refractivity contribution in [3.63, 3.8) is 0 Å². The van der Waals surface area contributed by atoms with Crippen LogP contribution in [0.3, 0.4) is 0 Å². The Labute approximate surface area is 94.1 Å². The number of methoxy groups -OCH3 is 2. The molecule has 1 aromatic rings. The van der Waals surface area contributed by atoms with Crippen LogP contribution in [0.2, 0.25) is 0 Å². The van der Waals surface area contributed by atoms with Crippen molar-refractivity contribution in [2.45, 2.75) is 0 Å². The molecule has 0 bridgehead atoms. The fraction of sp³-hybridized carbons (Fsp3) is 0.250. The molecule has 0 aromatic heterocycles. The molecular formula is C12H14O4. The van der Waals surface area contributed by atoms with E-state index in [1.54, 1.807) is 18.2 Å². The third-order valence-electron chi connectivity index (χ3n) is 2.16. The molecule has 0 aliphatic carbocycles. The van der Waals surface area contributed by atoms with Crippen LogP contribution in [-0.4, -0.2) is 31.7 Å². The summed E-state index contributed by atoms with van der Waals surface area (Å²) in [7, 11) is 3.01. The highest BCUT2D eigenvalue weighted by Crippen LogP contribution is 2.28. The maximum absolute atomic E-state index is 11.7. The minimum Gasteiger partial charge on any atom is -0.493 e. The van der Waals surface area contributed by atoms with Crippen LogP contribution in [0.1, 0.15) is 10.4 Å². The van der Waals surface area contributed by atoms with Gasteiger partial charge in [0.05, 0.1) is 20.8 Å². The molecule has 0 saturated heterocycles. The Morgan fingerprint density at radius 2 is 1.94 bits per heavy atom. The van der Waals surface area contributed by atoms with Gasteiger partial charge in [0.1, 0.15) is 0 Å². The van der Waals surface area contributed by atoms with E-state index >= 15 is 0 Å². The number of benzene rings is 1. The number of ketones is 1. The van der Waals surface area contributed by atoms with Crippen molar-refractivity contribution >= 4 is 5.78 Å². The standard InChI is InChI=1S/C12H14O4/c1-8(7-13)12(14)9-4-5-10(15-2)11(6-9)16-3/h4-6,13H,1,7H2,2-3H3. The fourth-order valence-corrected chi connectivity index (χ4v) is 1.25. The van der Waals surface area contributed by atoms with E-state index in [0.29, 0.717) is 17.1 Å². The van der Waals surface area contributed by atoms with Crippen LogP contribution in [0.25, 0.3) is 0 Å². The first-order valence-electron chi connectivity index (χ1n) is 4.69. The van der Waals surface area contributed by atoms with Crippen LogP contribution in [0, 0.1) is 0 Å². The van der Waals surface area contributed by atoms with Gasteiger partial charge in [0.2, 0.25) is 0 Å². The highest BCUT2D eigenvalue weighted by molar-refractivity contribution is 6.08. The monoisotopic (exact) mass is 222 g/mol. The molecule has 0 unspecified atom stereocenters. The molecule has 1 rings (SSSR count). The molecule has 4 nitrogen and oxygen atoms in total. The highest BCUT2D eigenvalue weighted by atomic mass is 16.5. The van der Waals surface area contributed by atoms with Gasteiger partial charge < -0.3 is 14.6 Å². The van der Waals surface area contributed by atoms with Gasteiger partial charge in [-0.2, -0.15) is 0 Å². The first-order valence-corrected chi connectivity index (χ1v) is 4.69. The second-order valence-electron chi connectivity index (χ2n) is 3.16. The molecule has 0 spiro atoms. The van der Waals surface area contributed by atoms with E-state index in [0.717, 1.165) is 0 Å². The van der Waals surface area contributed by atoms with Crippen LogP contribution in [0.15, 0.2) is 30.4 Å². The Balaban J connectivity index is 3.08. The molecule has 16 heavy (non-hydrogen) atoms. The van der Waals surface area contributed by atoms with Gasteiger partial charge in [-0.25, -0.2) is 0 Å². The predicted molar refractivity (Wildman–Crippen MR) is 60.1 cm³/mol. The predicted octanol–water partition coefficient (Wildman–Crippen LogP) is 1.43. The zero-order chi connectivity index (χ0) is 12.1. The third kappa shape index (κ3) is 2.41. The van der Waals surface area contributed by atoms with E-state index in [9.17, 15) is 4.79 Å². The Kier molecular flexibility index (Phi) is 4.08. The van der Waals surface area contributed by atoms with E-state index in [1.165, 1.54) is 14.2 Å². The lowest BCUT2D eigenvalue weighted by Crippen LogP contribution is -2.06. The smallest absolute Gasteiger partial charge is 0.190 e. The number of ether oxygens (including phenoxy) is 2. The second kappa shape index (κ2) is 5.32. The minimum atomic E-state index is -0.354. The number of hydrogen-bond acceptors (Lipinski definition) is 4. The molecule has 0 amide bonds. The van der Waals surface area contributed by atoms with Gasteiger partial charge in [-0.1, -0.05) is 6.58 Å². The molecule has 1 aromatic carbocycles. The van der Waals surface area contributed by atoms with Gasteiger partial charge in [-0.3, -0.25) is 4.79 Å². The van der Waals surface area contributed by atoms with Crippen LogP contribution in [0.4, 0.5) is 0 Å². The molecule has 0 fully saturated rings. The van der Waals surface area contributed by atoms with E-state index < -0.39 is 0 Å². The molecule has 0 radical (unpaired) electrons. The summed E-state index contributed by atoms with van der Waals surface area (Å²) in [4.78, 5) is 11.7. The van der Waals surface area contributed by atoms with E-state index in [2.05, 4.69) is 6.58 Å². The van der Waals surface area contributed by atoms with Crippen LogP contribution in [-0.2, 0) is 0 Å². The molecule has 0 saturated carbocycles. The van der Waals surface area contributed by atoms with Crippen LogP contribution < -0.4 is 9.47 Å². The highest BCUT2D eigenvalue weighted by Gasteiger charge is 2.12. The molecule has 86 valence electrons. The summed E-state index contributed by atoms with van der Waals surface area (Å²) in [5.74, 6) is 0.719. The molecule has 0 atom stereocenters. The Morgan fingerprint density at radius 1 is 1.31 bits per heavy atom. The second-order valence-corrected chi connectivity index (χ2v) is 3.16. The summed E-state index contributed by atoms with van der Waals surface area (Å²) in [6.45, 7) is 3.12. The van der Waals surface area contributed by atoms with E-state index in [-0.39, 0.29) is 18.0 Å². The van der Waals surface area contributed by atoms with Crippen molar-refractivity contribution in [3.8, 4) is 11.5 Å². The van der Waals surface area contributed by atoms with Crippen molar-refractivity contribution in [1.29, 1.82) is 0 Å². The Morgan fingerprint density at radius 3 is 2.44 bits per heavy atom. The van der Waals surface area contributed by atoms with E-state index in [4.69, 9.17) is 14.6 Å². The minimum absolute atomic E-state index is 0.146. The summed E-state index contributed by atoms with van der Waals surface area (Å²) in [6, 6.07) is 4.79. The lowest BCUT2D eigenvalue weighted by Gasteiger charge is -2.09. The number of Topliss-reactive ketones (excluding diaryl/α,β-unsaturated/α-hetero) is 1. The zero-order valence-electron chi connectivity index (χ0n) is 9.32. The van der Waals surface area contributed by atoms with Crippen molar-refractivity contribution in [1.82, 2.24) is 0 Å². The maximum atomic E-state index is 11.7. The average Bonchev–Trinajstić information content (AvgIpc) is 2.35. The van der Waals surface area contributed by atoms with Crippen molar-refractivity contribution < 1.29 is 19.4 Å². The number of carbonyl (C=O) groups is 1. The van der Waals surface area contributed by atoms with Gasteiger partial charge in [0.25, 0.3) is 0 Å². The van der Waals surface area contributed by atoms with Crippen LogP contribution in [0.5, 0.6) is 11.5 Å². The fourth-order valence-electron chi connectivity index (χ4n) is 1.25. The number of carbonyl (C=O) groups excluding carboxylic acids is 1. The normalized spacial score (nSPS) is 9.69. The quantitative estimate of drug-likeness (QED) is 0.605. The first kappa shape index (κ1) is 12.3. The Bertz CT molecular complexity index is 409. The maximum Gasteiger partial charge on any atom is 0.190 e. The van der Waals surface area contributed by atoms with Gasteiger partial charge in [0.15, 0.2) is 17.3 Å². The average molecular weight is 222 g/mol. The summed E-state index contributed by atoms with van der Waals surface area (Å²) in [5.41, 5.74) is 0.559. The number of aliphatic hydroxyl groups is 1. The third-order valence-corrected chi connectivity index (χ3v) is 2.16. The number of aliphatic hydroxyl groups excluding tert-OH is 1. The first-order chi connectivity index (χ1) is 7.63. The zero-order valence-corrected chi connectivity index (χ0v) is 9.32. The molecular weight excluding hydrogens is 208 g/mol. The largest absolute Gasteiger partial charge is 0.493 e. The summed E-state index contributed by atoms with van der Waals surface area (Å²) < 4.78 is 10.1. The topological polar surface area (TPSA) is 55.8 Å². The number of hydrogen-bond donors (Lipinski definition) is 1. The van der Waals surface area contributed by atoms with Gasteiger partial charge in [-0.15, -0.1) is 0 Å². The van der Waals surface area contributed by atoms with Crippen LogP contribution >= 0.6 is 0 Å². The summed E-state index contributed by atoms with van der Waals surface area (Å²) >= 11 is 0. The van der Waals surface area contributed by atoms with Crippen molar-refractivity contribution in [2.24, 2.45) is 0 Å². The molecule has 1 N–H and O–H groups in total. The van der Waals surface area contributed by atoms with E-state index in [1.807, 2.05) is 0 Å². The lowest BCUT2D eigenvalue weighted by atomic mass is 10.0.